The number of benzene rings is 1. The number of sulfonamides is 2. The summed E-state index contributed by atoms with van der Waals surface area (Å²) in [6.07, 6.45) is 0.461. The summed E-state index contributed by atoms with van der Waals surface area (Å²) in [5.41, 5.74) is 0.179. The van der Waals surface area contributed by atoms with Crippen molar-refractivity contribution in [2.75, 3.05) is 17.0 Å². The van der Waals surface area contributed by atoms with Gasteiger partial charge in [0.25, 0.3) is 0 Å². The third kappa shape index (κ3) is 6.89. The van der Waals surface area contributed by atoms with Gasteiger partial charge in [-0.25, -0.2) is 22.0 Å². The van der Waals surface area contributed by atoms with E-state index in [1.54, 1.807) is 0 Å². The van der Waals surface area contributed by atoms with Crippen LogP contribution >= 0.6 is 0 Å². The van der Waals surface area contributed by atoms with Gasteiger partial charge in [0.05, 0.1) is 10.6 Å². The van der Waals surface area contributed by atoms with E-state index in [1.807, 2.05) is 13.8 Å². The first-order chi connectivity index (χ1) is 9.60. The molecule has 0 aromatic heterocycles. The molecule has 0 spiro atoms. The molecule has 21 heavy (non-hydrogen) atoms. The van der Waals surface area contributed by atoms with Gasteiger partial charge in [0.15, 0.2) is 0 Å². The third-order valence-electron chi connectivity index (χ3n) is 2.58. The first-order valence-electron chi connectivity index (χ1n) is 6.47. The number of primary sulfonamides is 1. The minimum absolute atomic E-state index is 0.0493. The van der Waals surface area contributed by atoms with Crippen molar-refractivity contribution < 1.29 is 16.8 Å². The maximum atomic E-state index is 11.9. The lowest BCUT2D eigenvalue weighted by Gasteiger charge is -2.10. The van der Waals surface area contributed by atoms with Gasteiger partial charge in [0, 0.05) is 11.7 Å². The number of nitrogens with one attached hydrogen (secondary N) is 2. The summed E-state index contributed by atoms with van der Waals surface area (Å²) < 4.78 is 48.6. The molecule has 0 saturated carbocycles. The van der Waals surface area contributed by atoms with Crippen molar-refractivity contribution in [3.63, 3.8) is 0 Å². The first kappa shape index (κ1) is 17.9. The average Bonchev–Trinajstić information content (AvgIpc) is 2.33. The van der Waals surface area contributed by atoms with Crippen LogP contribution in [0, 0.1) is 0 Å². The lowest BCUT2D eigenvalue weighted by Crippen LogP contribution is -2.26. The first-order valence-corrected chi connectivity index (χ1v) is 9.67. The lowest BCUT2D eigenvalue weighted by molar-refractivity contribution is 0.571. The van der Waals surface area contributed by atoms with Crippen LogP contribution in [0.15, 0.2) is 29.2 Å². The smallest absolute Gasteiger partial charge is 0.238 e. The monoisotopic (exact) mass is 335 g/mol. The van der Waals surface area contributed by atoms with Gasteiger partial charge in [0.2, 0.25) is 20.0 Å². The minimum atomic E-state index is -3.86. The molecular formula is C12H21N3O4S2. The largest absolute Gasteiger partial charge is 0.314 e. The van der Waals surface area contributed by atoms with Crippen LogP contribution in [-0.2, 0) is 20.0 Å². The Morgan fingerprint density at radius 1 is 1.19 bits per heavy atom. The van der Waals surface area contributed by atoms with Crippen LogP contribution in [0.3, 0.4) is 0 Å². The Labute approximate surface area is 126 Å². The van der Waals surface area contributed by atoms with Crippen molar-refractivity contribution in [2.45, 2.75) is 31.2 Å². The number of hydrogen-bond acceptors (Lipinski definition) is 5. The zero-order valence-corrected chi connectivity index (χ0v) is 13.7. The second kappa shape index (κ2) is 7.21. The molecule has 0 radical (unpaired) electrons. The van der Waals surface area contributed by atoms with Gasteiger partial charge < -0.3 is 5.32 Å². The zero-order valence-electron chi connectivity index (χ0n) is 12.0. The van der Waals surface area contributed by atoms with Crippen LogP contribution in [-0.4, -0.2) is 35.2 Å². The fraction of sp³-hybridized carbons (Fsp3) is 0.500. The van der Waals surface area contributed by atoms with Gasteiger partial charge in [-0.15, -0.1) is 0 Å². The normalized spacial score (nSPS) is 12.6. The molecule has 4 N–H and O–H groups in total. The van der Waals surface area contributed by atoms with Crippen LogP contribution in [0.1, 0.15) is 20.3 Å². The Morgan fingerprint density at radius 3 is 2.43 bits per heavy atom. The predicted molar refractivity (Wildman–Crippen MR) is 83.0 cm³/mol. The highest BCUT2D eigenvalue weighted by Gasteiger charge is 2.13. The fourth-order valence-corrected chi connectivity index (χ4v) is 3.29. The molecule has 0 aliphatic carbocycles. The molecule has 120 valence electrons. The molecule has 0 aliphatic rings. The van der Waals surface area contributed by atoms with Crippen molar-refractivity contribution in [3.8, 4) is 0 Å². The minimum Gasteiger partial charge on any atom is -0.314 e. The van der Waals surface area contributed by atoms with Crippen LogP contribution in [0.25, 0.3) is 0 Å². The maximum Gasteiger partial charge on any atom is 0.238 e. The predicted octanol–water partition coefficient (Wildman–Crippen LogP) is 0.464. The number of nitrogens with two attached hydrogens (primary N) is 1. The second-order valence-corrected chi connectivity index (χ2v) is 8.36. The van der Waals surface area contributed by atoms with E-state index in [9.17, 15) is 16.8 Å². The summed E-state index contributed by atoms with van der Waals surface area (Å²) in [6.45, 7) is 4.55. The standard InChI is InChI=1S/C12H21N3O4S2/c1-10(2)14-7-4-8-20(16,17)15-11-5-3-6-12(9-11)21(13,18)19/h3,5-6,9-10,14-15H,4,7-8H2,1-2H3,(H2,13,18,19). The number of rotatable bonds is 8. The molecule has 0 heterocycles. The average molecular weight is 335 g/mol. The quantitative estimate of drug-likeness (QED) is 0.597. The lowest BCUT2D eigenvalue weighted by atomic mass is 10.3. The Balaban J connectivity index is 2.67. The molecular weight excluding hydrogens is 314 g/mol. The molecule has 0 unspecified atom stereocenters. The SMILES string of the molecule is CC(C)NCCCS(=O)(=O)Nc1cccc(S(N)(=O)=O)c1. The van der Waals surface area contributed by atoms with Gasteiger partial charge >= 0.3 is 0 Å². The topological polar surface area (TPSA) is 118 Å². The maximum absolute atomic E-state index is 11.9. The molecule has 1 aromatic carbocycles. The second-order valence-electron chi connectivity index (χ2n) is 4.96. The van der Waals surface area contributed by atoms with E-state index in [-0.39, 0.29) is 16.3 Å². The summed E-state index contributed by atoms with van der Waals surface area (Å²) in [6, 6.07) is 5.70. The van der Waals surface area contributed by atoms with E-state index in [0.29, 0.717) is 19.0 Å². The Morgan fingerprint density at radius 2 is 1.86 bits per heavy atom. The summed E-state index contributed by atoms with van der Waals surface area (Å²) in [4.78, 5) is -0.135. The Bertz CT molecular complexity index is 669. The van der Waals surface area contributed by atoms with Crippen LogP contribution in [0.5, 0.6) is 0 Å². The van der Waals surface area contributed by atoms with E-state index < -0.39 is 20.0 Å². The highest BCUT2D eigenvalue weighted by Crippen LogP contribution is 2.15. The summed E-state index contributed by atoms with van der Waals surface area (Å²) in [7, 11) is -7.38. The Kier molecular flexibility index (Phi) is 6.14. The van der Waals surface area contributed by atoms with E-state index in [2.05, 4.69) is 10.0 Å². The molecule has 0 aliphatic heterocycles. The van der Waals surface area contributed by atoms with Gasteiger partial charge in [-0.05, 0) is 31.2 Å². The Hall–Kier alpha value is -1.16. The van der Waals surface area contributed by atoms with E-state index in [0.717, 1.165) is 0 Å². The molecule has 0 amide bonds. The summed E-state index contributed by atoms with van der Waals surface area (Å²) >= 11 is 0. The highest BCUT2D eigenvalue weighted by atomic mass is 32.2. The van der Waals surface area contributed by atoms with Gasteiger partial charge in [0.1, 0.15) is 0 Å². The van der Waals surface area contributed by atoms with E-state index in [4.69, 9.17) is 5.14 Å². The van der Waals surface area contributed by atoms with Crippen molar-refractivity contribution in [1.82, 2.24) is 5.32 Å². The van der Waals surface area contributed by atoms with Gasteiger partial charge in [-0.3, -0.25) is 4.72 Å². The number of anilines is 1. The van der Waals surface area contributed by atoms with Crippen molar-refractivity contribution in [3.05, 3.63) is 24.3 Å². The van der Waals surface area contributed by atoms with Crippen LogP contribution in [0.4, 0.5) is 5.69 Å². The zero-order chi connectivity index (χ0) is 16.1. The molecule has 0 fully saturated rings. The third-order valence-corrected chi connectivity index (χ3v) is 4.86. The molecule has 9 heteroatoms. The molecule has 7 nitrogen and oxygen atoms in total. The highest BCUT2D eigenvalue weighted by molar-refractivity contribution is 7.92. The summed E-state index contributed by atoms with van der Waals surface area (Å²) in [5, 5.41) is 8.13. The van der Waals surface area contributed by atoms with Crippen LogP contribution in [0.2, 0.25) is 0 Å². The van der Waals surface area contributed by atoms with Crippen LogP contribution < -0.4 is 15.2 Å². The molecule has 1 aromatic rings. The molecule has 1 rings (SSSR count). The van der Waals surface area contributed by atoms with Gasteiger partial charge in [-0.2, -0.15) is 0 Å². The van der Waals surface area contributed by atoms with Gasteiger partial charge in [-0.1, -0.05) is 19.9 Å². The van der Waals surface area contributed by atoms with E-state index >= 15 is 0 Å². The number of hydrogen-bond donors (Lipinski definition) is 3. The van der Waals surface area contributed by atoms with E-state index in [1.165, 1.54) is 24.3 Å². The summed E-state index contributed by atoms with van der Waals surface area (Å²) in [5.74, 6) is -0.0493. The molecule has 0 atom stereocenters. The molecule has 0 bridgehead atoms. The van der Waals surface area contributed by atoms with Crippen molar-refractivity contribution >= 4 is 25.7 Å². The molecule has 0 saturated heterocycles. The van der Waals surface area contributed by atoms with Crippen molar-refractivity contribution in [2.24, 2.45) is 5.14 Å². The van der Waals surface area contributed by atoms with Crippen molar-refractivity contribution in [1.29, 1.82) is 0 Å². The fourth-order valence-electron chi connectivity index (χ4n) is 1.62.